The lowest BCUT2D eigenvalue weighted by atomic mass is 10.0. The third-order valence-electron chi connectivity index (χ3n) is 4.52. The molecule has 0 heterocycles. The molecule has 0 radical (unpaired) electrons. The van der Waals surface area contributed by atoms with Crippen LogP contribution in [0, 0.1) is 10.1 Å². The Balaban J connectivity index is 1.55. The Morgan fingerprint density at radius 3 is 2.15 bits per heavy atom. The molecule has 3 N–H and O–H groups in total. The number of alkyl halides is 3. The molecular formula is C22H17F3N4O4. The molecule has 0 saturated heterocycles. The average Bonchev–Trinajstić information content (AvgIpc) is 2.81. The van der Waals surface area contributed by atoms with Crippen molar-refractivity contribution in [2.45, 2.75) is 6.18 Å². The Labute approximate surface area is 185 Å². The summed E-state index contributed by atoms with van der Waals surface area (Å²) in [7, 11) is 0. The number of benzene rings is 3. The van der Waals surface area contributed by atoms with Gasteiger partial charge in [0.2, 0.25) is 0 Å². The summed E-state index contributed by atoms with van der Waals surface area (Å²) in [5.41, 5.74) is 4.10. The van der Waals surface area contributed by atoms with Crippen molar-refractivity contribution in [2.75, 3.05) is 12.0 Å². The molecule has 0 aromatic heterocycles. The first-order valence-corrected chi connectivity index (χ1v) is 9.49. The second-order valence-corrected chi connectivity index (χ2v) is 6.79. The molecule has 3 rings (SSSR count). The molecule has 0 atom stereocenters. The maximum atomic E-state index is 12.7. The van der Waals surface area contributed by atoms with Gasteiger partial charge in [0.05, 0.1) is 17.0 Å². The van der Waals surface area contributed by atoms with Gasteiger partial charge in [-0.05, 0) is 35.4 Å². The summed E-state index contributed by atoms with van der Waals surface area (Å²) in [5, 5.41) is 13.4. The lowest BCUT2D eigenvalue weighted by molar-refractivity contribution is -0.384. The van der Waals surface area contributed by atoms with E-state index < -0.39 is 40.7 Å². The molecule has 11 heteroatoms. The molecule has 3 aromatic rings. The van der Waals surface area contributed by atoms with Crippen LogP contribution in [0.5, 0.6) is 0 Å². The van der Waals surface area contributed by atoms with E-state index in [9.17, 15) is 32.9 Å². The number of carbonyl (C=O) groups excluding carboxylic acids is 2. The van der Waals surface area contributed by atoms with Crippen molar-refractivity contribution in [3.63, 3.8) is 0 Å². The molecule has 3 aromatic carbocycles. The number of nitrogens with zero attached hydrogens (tertiary/aromatic N) is 1. The predicted molar refractivity (Wildman–Crippen MR) is 114 cm³/mol. The smallest absolute Gasteiger partial charge is 0.343 e. The number of nitrogens with one attached hydrogen (secondary N) is 3. The number of carbonyl (C=O) groups is 2. The highest BCUT2D eigenvalue weighted by molar-refractivity contribution is 5.97. The third kappa shape index (κ3) is 6.06. The molecule has 0 aliphatic carbocycles. The highest BCUT2D eigenvalue weighted by Gasteiger charge is 2.33. The summed E-state index contributed by atoms with van der Waals surface area (Å²) in [6, 6.07) is 18.1. The number of hydrogen-bond donors (Lipinski definition) is 3. The first-order valence-electron chi connectivity index (χ1n) is 9.49. The van der Waals surface area contributed by atoms with Gasteiger partial charge in [0.15, 0.2) is 0 Å². The number of rotatable bonds is 7. The van der Waals surface area contributed by atoms with Crippen LogP contribution >= 0.6 is 0 Å². The molecule has 8 nitrogen and oxygen atoms in total. The molecule has 0 fully saturated rings. The minimum absolute atomic E-state index is 0.314. The van der Waals surface area contributed by atoms with Gasteiger partial charge in [-0.2, -0.15) is 13.2 Å². The SMILES string of the molecule is O=C(CNC(=O)c1ccc(-c2ccccc2)cc1)NNc1ccc(C(F)(F)F)cc1[N+](=O)[O-]. The lowest BCUT2D eigenvalue weighted by Crippen LogP contribution is -2.39. The standard InChI is InChI=1S/C22H17F3N4O4/c23-22(24,25)17-10-11-18(19(12-17)29(32)33)27-28-20(30)13-26-21(31)16-8-6-15(7-9-16)14-4-2-1-3-5-14/h1-12,27H,13H2,(H,26,31)(H,28,30). The molecule has 33 heavy (non-hydrogen) atoms. The Morgan fingerprint density at radius 1 is 0.909 bits per heavy atom. The van der Waals surface area contributed by atoms with Gasteiger partial charge in [0, 0.05) is 11.6 Å². The number of hydrogen-bond acceptors (Lipinski definition) is 5. The summed E-state index contributed by atoms with van der Waals surface area (Å²) >= 11 is 0. The topological polar surface area (TPSA) is 113 Å². The number of nitro groups is 1. The van der Waals surface area contributed by atoms with E-state index in [0.29, 0.717) is 17.7 Å². The van der Waals surface area contributed by atoms with Crippen LogP contribution in [0.3, 0.4) is 0 Å². The number of anilines is 1. The Bertz CT molecular complexity index is 1170. The van der Waals surface area contributed by atoms with E-state index in [0.717, 1.165) is 17.2 Å². The predicted octanol–water partition coefficient (Wildman–Crippen LogP) is 4.15. The summed E-state index contributed by atoms with van der Waals surface area (Å²) in [6.07, 6.45) is -4.75. The average molecular weight is 458 g/mol. The van der Waals surface area contributed by atoms with Gasteiger partial charge >= 0.3 is 6.18 Å². The van der Waals surface area contributed by atoms with Crippen molar-refractivity contribution in [1.82, 2.24) is 10.7 Å². The lowest BCUT2D eigenvalue weighted by Gasteiger charge is -2.12. The van der Waals surface area contributed by atoms with Crippen LogP contribution in [0.2, 0.25) is 0 Å². The monoisotopic (exact) mass is 458 g/mol. The summed E-state index contributed by atoms with van der Waals surface area (Å²) in [5.74, 6) is -1.29. The van der Waals surface area contributed by atoms with E-state index in [4.69, 9.17) is 0 Å². The van der Waals surface area contributed by atoms with Crippen molar-refractivity contribution < 1.29 is 27.7 Å². The largest absolute Gasteiger partial charge is 0.416 e. The van der Waals surface area contributed by atoms with Crippen LogP contribution < -0.4 is 16.2 Å². The molecule has 0 unspecified atom stereocenters. The van der Waals surface area contributed by atoms with Crippen LogP contribution in [0.1, 0.15) is 15.9 Å². The van der Waals surface area contributed by atoms with Gasteiger partial charge in [-0.15, -0.1) is 0 Å². The highest BCUT2D eigenvalue weighted by atomic mass is 19.4. The van der Waals surface area contributed by atoms with Crippen LogP contribution in [0.25, 0.3) is 11.1 Å². The quantitative estimate of drug-likeness (QED) is 0.364. The van der Waals surface area contributed by atoms with E-state index in [1.54, 1.807) is 24.3 Å². The van der Waals surface area contributed by atoms with Crippen molar-refractivity contribution in [2.24, 2.45) is 0 Å². The summed E-state index contributed by atoms with van der Waals surface area (Å²) in [6.45, 7) is -0.472. The van der Waals surface area contributed by atoms with Gasteiger partial charge in [-0.3, -0.25) is 30.6 Å². The highest BCUT2D eigenvalue weighted by Crippen LogP contribution is 2.34. The molecule has 2 amide bonds. The van der Waals surface area contributed by atoms with Crippen LogP contribution in [0.4, 0.5) is 24.5 Å². The van der Waals surface area contributed by atoms with Crippen molar-refractivity contribution in [3.8, 4) is 11.1 Å². The number of halogens is 3. The van der Waals surface area contributed by atoms with E-state index in [1.165, 1.54) is 0 Å². The zero-order valence-corrected chi connectivity index (χ0v) is 16.8. The van der Waals surface area contributed by atoms with Crippen molar-refractivity contribution in [3.05, 3.63) is 94.0 Å². The van der Waals surface area contributed by atoms with E-state index in [-0.39, 0.29) is 5.69 Å². The van der Waals surface area contributed by atoms with Gasteiger partial charge < -0.3 is 5.32 Å². The number of amides is 2. The van der Waals surface area contributed by atoms with Crippen molar-refractivity contribution >= 4 is 23.2 Å². The first kappa shape index (κ1) is 23.3. The van der Waals surface area contributed by atoms with Crippen LogP contribution in [-0.2, 0) is 11.0 Å². The summed E-state index contributed by atoms with van der Waals surface area (Å²) in [4.78, 5) is 34.3. The zero-order chi connectivity index (χ0) is 24.0. The van der Waals surface area contributed by atoms with E-state index >= 15 is 0 Å². The Hall–Kier alpha value is -4.41. The molecule has 0 saturated carbocycles. The fourth-order valence-corrected chi connectivity index (χ4v) is 2.85. The number of nitro benzene ring substituents is 1. The third-order valence-corrected chi connectivity index (χ3v) is 4.52. The first-order chi connectivity index (χ1) is 15.6. The van der Waals surface area contributed by atoms with Crippen molar-refractivity contribution in [1.29, 1.82) is 0 Å². The number of hydrazine groups is 1. The van der Waals surface area contributed by atoms with Gasteiger partial charge in [0.1, 0.15) is 5.69 Å². The Morgan fingerprint density at radius 2 is 1.55 bits per heavy atom. The van der Waals surface area contributed by atoms with Gasteiger partial charge in [-0.25, -0.2) is 0 Å². The fourth-order valence-electron chi connectivity index (χ4n) is 2.85. The second-order valence-electron chi connectivity index (χ2n) is 6.79. The molecule has 0 bridgehead atoms. The maximum Gasteiger partial charge on any atom is 0.416 e. The second kappa shape index (κ2) is 9.81. The van der Waals surface area contributed by atoms with Crippen LogP contribution in [0.15, 0.2) is 72.8 Å². The fraction of sp³-hybridized carbons (Fsp3) is 0.0909. The normalized spacial score (nSPS) is 10.9. The molecular weight excluding hydrogens is 441 g/mol. The van der Waals surface area contributed by atoms with Gasteiger partial charge in [0.25, 0.3) is 17.5 Å². The molecule has 0 aliphatic heterocycles. The Kier molecular flexibility index (Phi) is 6.91. The maximum absolute atomic E-state index is 12.7. The van der Waals surface area contributed by atoms with Gasteiger partial charge in [-0.1, -0.05) is 42.5 Å². The minimum atomic E-state index is -4.75. The minimum Gasteiger partial charge on any atom is -0.343 e. The zero-order valence-electron chi connectivity index (χ0n) is 16.8. The van der Waals surface area contributed by atoms with E-state index in [2.05, 4.69) is 16.2 Å². The molecule has 0 spiro atoms. The molecule has 0 aliphatic rings. The van der Waals surface area contributed by atoms with Crippen LogP contribution in [-0.4, -0.2) is 23.3 Å². The molecule has 170 valence electrons. The summed E-state index contributed by atoms with van der Waals surface area (Å²) < 4.78 is 38.2. The van der Waals surface area contributed by atoms with E-state index in [1.807, 2.05) is 30.3 Å².